The molecule has 104 valence electrons. The van der Waals surface area contributed by atoms with E-state index in [-0.39, 0.29) is 0 Å². The summed E-state index contributed by atoms with van der Waals surface area (Å²) < 4.78 is 0. The Bertz CT molecular complexity index is 486. The van der Waals surface area contributed by atoms with Crippen LogP contribution >= 0.6 is 23.2 Å². The maximum absolute atomic E-state index is 6.10. The summed E-state index contributed by atoms with van der Waals surface area (Å²) in [6, 6.07) is 6.14. The van der Waals surface area contributed by atoms with Gasteiger partial charge in [0.2, 0.25) is 0 Å². The van der Waals surface area contributed by atoms with Crippen LogP contribution < -0.4 is 16.0 Å². The van der Waals surface area contributed by atoms with Crippen LogP contribution in [0.1, 0.15) is 13.8 Å². The van der Waals surface area contributed by atoms with Crippen molar-refractivity contribution >= 4 is 28.9 Å². The van der Waals surface area contributed by atoms with Crippen LogP contribution in [0.25, 0.3) is 0 Å². The van der Waals surface area contributed by atoms with Gasteiger partial charge in [-0.25, -0.2) is 0 Å². The van der Waals surface area contributed by atoms with Crippen molar-refractivity contribution < 1.29 is 0 Å². The first-order chi connectivity index (χ1) is 8.97. The maximum atomic E-state index is 6.10. The van der Waals surface area contributed by atoms with Crippen LogP contribution in [0.3, 0.4) is 0 Å². The molecule has 5 heteroatoms. The molecular weight excluding hydrogens is 281 g/mol. The monoisotopic (exact) mass is 299 g/mol. The molecule has 1 atom stereocenters. The van der Waals surface area contributed by atoms with E-state index in [9.17, 15) is 0 Å². The van der Waals surface area contributed by atoms with Crippen LogP contribution in [0, 0.1) is 5.92 Å². The summed E-state index contributed by atoms with van der Waals surface area (Å²) >= 11 is 12.1. The van der Waals surface area contributed by atoms with Gasteiger partial charge < -0.3 is 16.0 Å². The van der Waals surface area contributed by atoms with Gasteiger partial charge in [-0.1, -0.05) is 23.2 Å². The van der Waals surface area contributed by atoms with E-state index in [0.717, 1.165) is 24.6 Å². The molecule has 0 radical (unpaired) electrons. The van der Waals surface area contributed by atoms with Crippen LogP contribution in [0.15, 0.2) is 30.1 Å². The summed E-state index contributed by atoms with van der Waals surface area (Å²) in [7, 11) is 0. The van der Waals surface area contributed by atoms with E-state index in [2.05, 4.69) is 30.1 Å². The minimum Gasteiger partial charge on any atom is -0.386 e. The van der Waals surface area contributed by atoms with Gasteiger partial charge in [-0.05, 0) is 38.1 Å². The Hall–Kier alpha value is -1.06. The molecule has 1 aromatic rings. The molecule has 0 aliphatic carbocycles. The highest BCUT2D eigenvalue weighted by atomic mass is 35.5. The third kappa shape index (κ3) is 3.48. The average molecular weight is 300 g/mol. The molecule has 3 N–H and O–H groups in total. The van der Waals surface area contributed by atoms with Crippen molar-refractivity contribution in [1.29, 1.82) is 0 Å². The summed E-state index contributed by atoms with van der Waals surface area (Å²) in [6.07, 6.45) is 2.08. The number of hydrogen-bond donors (Lipinski definition) is 2. The lowest BCUT2D eigenvalue weighted by molar-refractivity contribution is 0.579. The summed E-state index contributed by atoms with van der Waals surface area (Å²) in [5, 5.41) is 4.32. The molecule has 1 aromatic carbocycles. The average Bonchev–Trinajstić information content (AvgIpc) is 2.75. The number of hydrogen-bond acceptors (Lipinski definition) is 3. The fourth-order valence-electron chi connectivity index (χ4n) is 2.27. The summed E-state index contributed by atoms with van der Waals surface area (Å²) in [6.45, 7) is 6.12. The standard InChI is InChI=1S/C14H19Cl2N3/c1-9(2)19(8-10-5-14(17)18-7-10)11-3-4-12(15)13(16)6-11/h3-6,9-10,18H,7-8,17H2,1-2H3/t10-/m0/s1. The number of nitrogens with zero attached hydrogens (tertiary/aromatic N) is 1. The fraction of sp³-hybridized carbons (Fsp3) is 0.429. The van der Waals surface area contributed by atoms with E-state index in [0.29, 0.717) is 22.0 Å². The molecule has 0 aromatic heterocycles. The van der Waals surface area contributed by atoms with Crippen LogP contribution in [-0.4, -0.2) is 19.1 Å². The summed E-state index contributed by atoms with van der Waals surface area (Å²) in [4.78, 5) is 2.31. The van der Waals surface area contributed by atoms with Gasteiger partial charge in [0, 0.05) is 30.7 Å². The number of halogens is 2. The first-order valence-corrected chi connectivity index (χ1v) is 7.16. The fourth-order valence-corrected chi connectivity index (χ4v) is 2.56. The van der Waals surface area contributed by atoms with E-state index < -0.39 is 0 Å². The number of nitrogens with one attached hydrogen (secondary N) is 1. The molecular formula is C14H19Cl2N3. The number of anilines is 1. The molecule has 3 nitrogen and oxygen atoms in total. The van der Waals surface area contributed by atoms with E-state index >= 15 is 0 Å². The Morgan fingerprint density at radius 2 is 2.11 bits per heavy atom. The van der Waals surface area contributed by atoms with Gasteiger partial charge in [-0.15, -0.1) is 0 Å². The molecule has 1 aliphatic rings. The Labute approximate surface area is 124 Å². The van der Waals surface area contributed by atoms with Crippen molar-refractivity contribution in [2.45, 2.75) is 19.9 Å². The van der Waals surface area contributed by atoms with Crippen molar-refractivity contribution in [3.05, 3.63) is 40.1 Å². The predicted molar refractivity (Wildman–Crippen MR) is 82.7 cm³/mol. The molecule has 0 amide bonds. The molecule has 2 rings (SSSR count). The summed E-state index contributed by atoms with van der Waals surface area (Å²) in [5.41, 5.74) is 6.84. The Morgan fingerprint density at radius 3 is 2.63 bits per heavy atom. The molecule has 0 bridgehead atoms. The molecule has 0 saturated heterocycles. The lowest BCUT2D eigenvalue weighted by atomic mass is 10.1. The van der Waals surface area contributed by atoms with Crippen molar-refractivity contribution in [3.63, 3.8) is 0 Å². The molecule has 0 spiro atoms. The van der Waals surface area contributed by atoms with Crippen molar-refractivity contribution in [1.82, 2.24) is 5.32 Å². The number of rotatable bonds is 4. The second-order valence-electron chi connectivity index (χ2n) is 5.11. The normalized spacial score (nSPS) is 18.4. The first kappa shape index (κ1) is 14.4. The topological polar surface area (TPSA) is 41.3 Å². The van der Waals surface area contributed by atoms with Gasteiger partial charge in [-0.2, -0.15) is 0 Å². The molecule has 1 aliphatic heterocycles. The molecule has 0 saturated carbocycles. The Kier molecular flexibility index (Phi) is 4.48. The summed E-state index contributed by atoms with van der Waals surface area (Å²) in [5.74, 6) is 1.18. The minimum absolute atomic E-state index is 0.382. The minimum atomic E-state index is 0.382. The van der Waals surface area contributed by atoms with E-state index in [1.807, 2.05) is 18.2 Å². The number of benzene rings is 1. The third-order valence-electron chi connectivity index (χ3n) is 3.27. The first-order valence-electron chi connectivity index (χ1n) is 6.40. The highest BCUT2D eigenvalue weighted by molar-refractivity contribution is 6.42. The maximum Gasteiger partial charge on any atom is 0.0923 e. The molecule has 1 heterocycles. The van der Waals surface area contributed by atoms with Crippen molar-refractivity contribution in [2.24, 2.45) is 11.7 Å². The van der Waals surface area contributed by atoms with Gasteiger partial charge in [-0.3, -0.25) is 0 Å². The highest BCUT2D eigenvalue weighted by Gasteiger charge is 2.20. The lowest BCUT2D eigenvalue weighted by Gasteiger charge is -2.31. The Morgan fingerprint density at radius 1 is 1.37 bits per heavy atom. The van der Waals surface area contributed by atoms with Crippen LogP contribution in [0.5, 0.6) is 0 Å². The largest absolute Gasteiger partial charge is 0.386 e. The van der Waals surface area contributed by atoms with Crippen LogP contribution in [0.2, 0.25) is 10.0 Å². The molecule has 19 heavy (non-hydrogen) atoms. The second-order valence-corrected chi connectivity index (χ2v) is 5.92. The molecule has 0 unspecified atom stereocenters. The van der Waals surface area contributed by atoms with E-state index in [1.54, 1.807) is 0 Å². The second kappa shape index (κ2) is 5.93. The van der Waals surface area contributed by atoms with Crippen LogP contribution in [0.4, 0.5) is 5.69 Å². The lowest BCUT2D eigenvalue weighted by Crippen LogP contribution is -2.36. The third-order valence-corrected chi connectivity index (χ3v) is 4.01. The van der Waals surface area contributed by atoms with Gasteiger partial charge in [0.15, 0.2) is 0 Å². The zero-order valence-electron chi connectivity index (χ0n) is 11.2. The van der Waals surface area contributed by atoms with Gasteiger partial charge in [0.25, 0.3) is 0 Å². The highest BCUT2D eigenvalue weighted by Crippen LogP contribution is 2.29. The predicted octanol–water partition coefficient (Wildman–Crippen LogP) is 3.23. The van der Waals surface area contributed by atoms with Crippen LogP contribution in [-0.2, 0) is 0 Å². The van der Waals surface area contributed by atoms with Gasteiger partial charge >= 0.3 is 0 Å². The van der Waals surface area contributed by atoms with Crippen molar-refractivity contribution in [3.8, 4) is 0 Å². The van der Waals surface area contributed by atoms with Crippen molar-refractivity contribution in [2.75, 3.05) is 18.0 Å². The quantitative estimate of drug-likeness (QED) is 0.897. The zero-order chi connectivity index (χ0) is 14.0. The number of nitrogens with two attached hydrogens (primary N) is 1. The zero-order valence-corrected chi connectivity index (χ0v) is 12.7. The smallest absolute Gasteiger partial charge is 0.0923 e. The van der Waals surface area contributed by atoms with Gasteiger partial charge in [0.05, 0.1) is 15.9 Å². The van der Waals surface area contributed by atoms with Gasteiger partial charge in [0.1, 0.15) is 0 Å². The molecule has 0 fully saturated rings. The van der Waals surface area contributed by atoms with E-state index in [4.69, 9.17) is 28.9 Å². The Balaban J connectivity index is 2.17. The van der Waals surface area contributed by atoms with E-state index in [1.165, 1.54) is 0 Å². The SMILES string of the molecule is CC(C)N(C[C@H]1C=C(N)NC1)c1ccc(Cl)c(Cl)c1.